The zero-order chi connectivity index (χ0) is 15.2. The van der Waals surface area contributed by atoms with E-state index in [9.17, 15) is 10.1 Å². The largest absolute Gasteiger partial charge is 0.367 e. The van der Waals surface area contributed by atoms with Crippen molar-refractivity contribution in [2.45, 2.75) is 6.42 Å². The molecule has 2 N–H and O–H groups in total. The van der Waals surface area contributed by atoms with Crippen molar-refractivity contribution in [2.24, 2.45) is 0 Å². The molecule has 0 aliphatic heterocycles. The number of aromatic nitrogens is 2. The zero-order valence-corrected chi connectivity index (χ0v) is 12.1. The molecular formula is C13H14ClN5O2. The summed E-state index contributed by atoms with van der Waals surface area (Å²) in [5, 5.41) is 17.4. The van der Waals surface area contributed by atoms with Crippen LogP contribution in [-0.2, 0) is 6.42 Å². The molecule has 0 aliphatic carbocycles. The third kappa shape index (κ3) is 3.79. The summed E-state index contributed by atoms with van der Waals surface area (Å²) >= 11 is 5.82. The Morgan fingerprint density at radius 1 is 1.24 bits per heavy atom. The van der Waals surface area contributed by atoms with Crippen molar-refractivity contribution in [1.29, 1.82) is 0 Å². The summed E-state index contributed by atoms with van der Waals surface area (Å²) in [5.74, 6) is 0.386. The molecule has 0 atom stereocenters. The highest BCUT2D eigenvalue weighted by Crippen LogP contribution is 2.28. The van der Waals surface area contributed by atoms with Gasteiger partial charge in [-0.15, -0.1) is 0 Å². The second-order valence-electron chi connectivity index (χ2n) is 4.23. The van der Waals surface area contributed by atoms with Gasteiger partial charge in [-0.1, -0.05) is 23.7 Å². The van der Waals surface area contributed by atoms with Crippen molar-refractivity contribution in [3.63, 3.8) is 0 Å². The van der Waals surface area contributed by atoms with Crippen LogP contribution in [0.1, 0.15) is 5.56 Å². The highest BCUT2D eigenvalue weighted by molar-refractivity contribution is 6.30. The molecule has 110 valence electrons. The number of hydrogen-bond acceptors (Lipinski definition) is 6. The molecule has 1 heterocycles. The van der Waals surface area contributed by atoms with Gasteiger partial charge in [-0.05, 0) is 24.1 Å². The van der Waals surface area contributed by atoms with E-state index in [-0.39, 0.29) is 17.3 Å². The van der Waals surface area contributed by atoms with E-state index >= 15 is 0 Å². The van der Waals surface area contributed by atoms with Crippen molar-refractivity contribution >= 4 is 28.9 Å². The summed E-state index contributed by atoms with van der Waals surface area (Å²) < 4.78 is 0. The number of anilines is 2. The molecule has 0 saturated carbocycles. The molecule has 21 heavy (non-hydrogen) atoms. The van der Waals surface area contributed by atoms with E-state index < -0.39 is 4.92 Å². The molecule has 1 aromatic carbocycles. The molecule has 0 amide bonds. The first kappa shape index (κ1) is 15.0. The van der Waals surface area contributed by atoms with E-state index in [0.29, 0.717) is 18.0 Å². The number of nitrogens with one attached hydrogen (secondary N) is 2. The van der Waals surface area contributed by atoms with E-state index in [0.717, 1.165) is 5.56 Å². The van der Waals surface area contributed by atoms with Gasteiger partial charge in [0.15, 0.2) is 0 Å². The second kappa shape index (κ2) is 6.85. The van der Waals surface area contributed by atoms with Gasteiger partial charge in [-0.3, -0.25) is 10.1 Å². The number of nitro groups is 1. The molecule has 0 spiro atoms. The average Bonchev–Trinajstić information content (AvgIpc) is 2.48. The van der Waals surface area contributed by atoms with Gasteiger partial charge in [0, 0.05) is 18.6 Å². The van der Waals surface area contributed by atoms with E-state index in [2.05, 4.69) is 20.6 Å². The first-order chi connectivity index (χ1) is 10.1. The monoisotopic (exact) mass is 307 g/mol. The third-order valence-electron chi connectivity index (χ3n) is 2.86. The highest BCUT2D eigenvalue weighted by atomic mass is 35.5. The summed E-state index contributed by atoms with van der Waals surface area (Å²) in [6.07, 6.45) is 1.98. The van der Waals surface area contributed by atoms with Crippen LogP contribution in [0.3, 0.4) is 0 Å². The van der Waals surface area contributed by atoms with E-state index in [4.69, 9.17) is 11.6 Å². The summed E-state index contributed by atoms with van der Waals surface area (Å²) in [7, 11) is 1.58. The first-order valence-electron chi connectivity index (χ1n) is 6.27. The maximum absolute atomic E-state index is 11.1. The van der Waals surface area contributed by atoms with Gasteiger partial charge in [0.1, 0.15) is 6.33 Å². The normalized spacial score (nSPS) is 10.2. The fraction of sp³-hybridized carbons (Fsp3) is 0.231. The van der Waals surface area contributed by atoms with Gasteiger partial charge in [0.05, 0.1) is 4.92 Å². The summed E-state index contributed by atoms with van der Waals surface area (Å²) in [4.78, 5) is 18.4. The van der Waals surface area contributed by atoms with Crippen LogP contribution < -0.4 is 10.6 Å². The summed E-state index contributed by atoms with van der Waals surface area (Å²) in [6, 6.07) is 7.45. The second-order valence-corrected chi connectivity index (χ2v) is 4.67. The number of nitrogens with zero attached hydrogens (tertiary/aromatic N) is 3. The third-order valence-corrected chi connectivity index (χ3v) is 3.11. The van der Waals surface area contributed by atoms with Gasteiger partial charge >= 0.3 is 5.69 Å². The Morgan fingerprint density at radius 3 is 2.52 bits per heavy atom. The lowest BCUT2D eigenvalue weighted by atomic mass is 10.1. The standard InChI is InChI=1S/C13H14ClN5O2/c1-15-12-11(19(20)21)13(18-8-17-12)16-7-6-9-2-4-10(14)5-3-9/h2-5,8H,6-7H2,1H3,(H2,15,16,17,18). The number of hydrogen-bond donors (Lipinski definition) is 2. The Labute approximate surface area is 126 Å². The lowest BCUT2D eigenvalue weighted by Gasteiger charge is -2.08. The Hall–Kier alpha value is -2.41. The van der Waals surface area contributed by atoms with Crippen LogP contribution in [0, 0.1) is 10.1 Å². The quantitative estimate of drug-likeness (QED) is 0.629. The van der Waals surface area contributed by atoms with Crippen molar-refractivity contribution < 1.29 is 4.92 Å². The minimum absolute atomic E-state index is 0.156. The van der Waals surface area contributed by atoms with Crippen LogP contribution in [0.2, 0.25) is 5.02 Å². The molecule has 8 heteroatoms. The van der Waals surface area contributed by atoms with Crippen molar-refractivity contribution in [3.8, 4) is 0 Å². The van der Waals surface area contributed by atoms with Crippen LogP contribution in [0.5, 0.6) is 0 Å². The zero-order valence-electron chi connectivity index (χ0n) is 11.3. The SMILES string of the molecule is CNc1ncnc(NCCc2ccc(Cl)cc2)c1[N+](=O)[O-]. The van der Waals surface area contributed by atoms with Crippen LogP contribution in [0.15, 0.2) is 30.6 Å². The molecule has 0 unspecified atom stereocenters. The van der Waals surface area contributed by atoms with Crippen LogP contribution in [0.25, 0.3) is 0 Å². The number of rotatable bonds is 6. The number of benzene rings is 1. The molecule has 2 aromatic rings. The highest BCUT2D eigenvalue weighted by Gasteiger charge is 2.21. The molecule has 0 aliphatic rings. The van der Waals surface area contributed by atoms with Gasteiger partial charge in [-0.2, -0.15) is 0 Å². The topological polar surface area (TPSA) is 93.0 Å². The lowest BCUT2D eigenvalue weighted by molar-refractivity contribution is -0.383. The Bertz CT molecular complexity index is 633. The lowest BCUT2D eigenvalue weighted by Crippen LogP contribution is -2.10. The molecule has 1 aromatic heterocycles. The molecule has 0 bridgehead atoms. The smallest absolute Gasteiger partial charge is 0.353 e. The van der Waals surface area contributed by atoms with E-state index in [1.165, 1.54) is 6.33 Å². The van der Waals surface area contributed by atoms with E-state index in [1.54, 1.807) is 7.05 Å². The molecule has 0 fully saturated rings. The molecule has 0 radical (unpaired) electrons. The molecule has 0 saturated heterocycles. The molecular weight excluding hydrogens is 294 g/mol. The Balaban J connectivity index is 2.06. The number of halogens is 1. The molecule has 7 nitrogen and oxygen atoms in total. The van der Waals surface area contributed by atoms with Gasteiger partial charge in [0.25, 0.3) is 0 Å². The fourth-order valence-corrected chi connectivity index (χ4v) is 1.97. The van der Waals surface area contributed by atoms with Crippen molar-refractivity contribution in [3.05, 3.63) is 51.3 Å². The Morgan fingerprint density at radius 2 is 1.90 bits per heavy atom. The van der Waals surface area contributed by atoms with Crippen LogP contribution in [0.4, 0.5) is 17.3 Å². The predicted molar refractivity (Wildman–Crippen MR) is 81.9 cm³/mol. The van der Waals surface area contributed by atoms with Gasteiger partial charge in [0.2, 0.25) is 11.6 Å². The minimum atomic E-state index is -0.504. The van der Waals surface area contributed by atoms with Gasteiger partial charge < -0.3 is 10.6 Å². The maximum atomic E-state index is 11.1. The van der Waals surface area contributed by atoms with E-state index in [1.807, 2.05) is 24.3 Å². The fourth-order valence-electron chi connectivity index (χ4n) is 1.84. The molecule has 2 rings (SSSR count). The van der Waals surface area contributed by atoms with Crippen LogP contribution >= 0.6 is 11.6 Å². The predicted octanol–water partition coefficient (Wildman–Crippen LogP) is 2.73. The van der Waals surface area contributed by atoms with Crippen molar-refractivity contribution in [1.82, 2.24) is 9.97 Å². The average molecular weight is 308 g/mol. The Kier molecular flexibility index (Phi) is 4.89. The summed E-state index contributed by atoms with van der Waals surface area (Å²) in [6.45, 7) is 0.517. The van der Waals surface area contributed by atoms with Gasteiger partial charge in [-0.25, -0.2) is 9.97 Å². The first-order valence-corrected chi connectivity index (χ1v) is 6.65. The maximum Gasteiger partial charge on any atom is 0.353 e. The van der Waals surface area contributed by atoms with Crippen LogP contribution in [-0.4, -0.2) is 28.5 Å². The van der Waals surface area contributed by atoms with Crippen molar-refractivity contribution in [2.75, 3.05) is 24.2 Å². The summed E-state index contributed by atoms with van der Waals surface area (Å²) in [5.41, 5.74) is 0.925. The minimum Gasteiger partial charge on any atom is -0.367 e.